The zero-order chi connectivity index (χ0) is 16.8. The molecule has 0 spiro atoms. The van der Waals surface area contributed by atoms with Gasteiger partial charge < -0.3 is 15.1 Å². The summed E-state index contributed by atoms with van der Waals surface area (Å²) in [6.07, 6.45) is 10.6. The van der Waals surface area contributed by atoms with Gasteiger partial charge in [-0.2, -0.15) is 0 Å². The van der Waals surface area contributed by atoms with E-state index in [9.17, 15) is 0 Å². The van der Waals surface area contributed by atoms with Crippen LogP contribution in [-0.4, -0.2) is 36.2 Å². The summed E-state index contributed by atoms with van der Waals surface area (Å²) in [6, 6.07) is 9.40. The van der Waals surface area contributed by atoms with Crippen LogP contribution in [0.1, 0.15) is 56.9 Å². The average Bonchev–Trinajstić information content (AvgIpc) is 2.63. The predicted octanol–water partition coefficient (Wildman–Crippen LogP) is 4.32. The molecular formula is C20H31N3S. The lowest BCUT2D eigenvalue weighted by Gasteiger charge is -2.32. The fourth-order valence-electron chi connectivity index (χ4n) is 3.95. The number of rotatable bonds is 4. The van der Waals surface area contributed by atoms with E-state index in [1.54, 1.807) is 0 Å². The minimum absolute atomic E-state index is 0.575. The summed E-state index contributed by atoms with van der Waals surface area (Å²) in [5.41, 5.74) is 2.78. The second-order valence-electron chi connectivity index (χ2n) is 7.32. The molecule has 0 radical (unpaired) electrons. The maximum atomic E-state index is 5.66. The molecule has 2 fully saturated rings. The van der Waals surface area contributed by atoms with E-state index in [0.717, 1.165) is 11.7 Å². The molecule has 1 aliphatic heterocycles. The third-order valence-corrected chi connectivity index (χ3v) is 5.80. The molecule has 0 unspecified atom stereocenters. The maximum absolute atomic E-state index is 5.66. The standard InChI is InChI=1S/C20H31N3S/c1-22(20(24)21-18-11-4-2-5-12-18)16-17-10-6-7-13-19(17)23-14-8-3-9-15-23/h6-7,10,13,18H,2-5,8-9,11-12,14-16H2,1H3,(H,21,24). The first-order chi connectivity index (χ1) is 11.7. The van der Waals surface area contributed by atoms with Crippen LogP contribution >= 0.6 is 12.2 Å². The molecule has 1 N–H and O–H groups in total. The second-order valence-corrected chi connectivity index (χ2v) is 7.70. The summed E-state index contributed by atoms with van der Waals surface area (Å²) in [5.74, 6) is 0. The number of hydrogen-bond acceptors (Lipinski definition) is 2. The van der Waals surface area contributed by atoms with Gasteiger partial charge in [0.25, 0.3) is 0 Å². The van der Waals surface area contributed by atoms with Gasteiger partial charge in [0.2, 0.25) is 0 Å². The molecule has 0 bridgehead atoms. The van der Waals surface area contributed by atoms with Gasteiger partial charge in [0.05, 0.1) is 0 Å². The second kappa shape index (κ2) is 8.70. The molecule has 1 saturated carbocycles. The normalized spacial score (nSPS) is 19.1. The van der Waals surface area contributed by atoms with Gasteiger partial charge in [-0.3, -0.25) is 0 Å². The number of para-hydroxylation sites is 1. The van der Waals surface area contributed by atoms with Crippen LogP contribution in [0.15, 0.2) is 24.3 Å². The molecular weight excluding hydrogens is 314 g/mol. The summed E-state index contributed by atoms with van der Waals surface area (Å²) in [7, 11) is 2.12. The molecule has 24 heavy (non-hydrogen) atoms. The van der Waals surface area contributed by atoms with Crippen LogP contribution < -0.4 is 10.2 Å². The van der Waals surface area contributed by atoms with Crippen molar-refractivity contribution in [1.82, 2.24) is 10.2 Å². The smallest absolute Gasteiger partial charge is 0.169 e. The lowest BCUT2D eigenvalue weighted by atomic mass is 9.96. The molecule has 1 heterocycles. The molecule has 0 aromatic heterocycles. The molecule has 1 aromatic rings. The highest BCUT2D eigenvalue weighted by atomic mass is 32.1. The molecule has 0 atom stereocenters. The number of thiocarbonyl (C=S) groups is 1. The maximum Gasteiger partial charge on any atom is 0.169 e. The topological polar surface area (TPSA) is 18.5 Å². The molecule has 0 amide bonds. The fraction of sp³-hybridized carbons (Fsp3) is 0.650. The first kappa shape index (κ1) is 17.5. The van der Waals surface area contributed by atoms with Crippen molar-refractivity contribution < 1.29 is 0 Å². The summed E-state index contributed by atoms with van der Waals surface area (Å²) >= 11 is 5.66. The Hall–Kier alpha value is -1.29. The number of nitrogens with one attached hydrogen (secondary N) is 1. The lowest BCUT2D eigenvalue weighted by molar-refractivity contribution is 0.392. The first-order valence-corrected chi connectivity index (χ1v) is 9.99. The van der Waals surface area contributed by atoms with Gasteiger partial charge in [-0.1, -0.05) is 37.5 Å². The molecule has 132 valence electrons. The molecule has 3 rings (SSSR count). The predicted molar refractivity (Wildman–Crippen MR) is 107 cm³/mol. The Morgan fingerprint density at radius 2 is 1.75 bits per heavy atom. The average molecular weight is 346 g/mol. The zero-order valence-corrected chi connectivity index (χ0v) is 15.8. The van der Waals surface area contributed by atoms with Crippen molar-refractivity contribution in [3.63, 3.8) is 0 Å². The third-order valence-electron chi connectivity index (χ3n) is 5.38. The molecule has 1 aromatic carbocycles. The number of nitrogens with zero attached hydrogens (tertiary/aromatic N) is 2. The molecule has 2 aliphatic rings. The van der Waals surface area contributed by atoms with Gasteiger partial charge in [0.1, 0.15) is 0 Å². The van der Waals surface area contributed by atoms with Crippen LogP contribution in [0.2, 0.25) is 0 Å². The molecule has 4 heteroatoms. The van der Waals surface area contributed by atoms with E-state index in [1.807, 2.05) is 0 Å². The van der Waals surface area contributed by atoms with Crippen molar-refractivity contribution in [1.29, 1.82) is 0 Å². The Morgan fingerprint density at radius 1 is 1.08 bits per heavy atom. The Bertz CT molecular complexity index is 533. The lowest BCUT2D eigenvalue weighted by Crippen LogP contribution is -2.43. The van der Waals surface area contributed by atoms with E-state index in [-0.39, 0.29) is 0 Å². The van der Waals surface area contributed by atoms with E-state index in [0.29, 0.717) is 6.04 Å². The van der Waals surface area contributed by atoms with Crippen molar-refractivity contribution in [3.8, 4) is 0 Å². The van der Waals surface area contributed by atoms with Crippen molar-refractivity contribution >= 4 is 23.0 Å². The van der Waals surface area contributed by atoms with Gasteiger partial charge in [-0.25, -0.2) is 0 Å². The summed E-state index contributed by atoms with van der Waals surface area (Å²) < 4.78 is 0. The Morgan fingerprint density at radius 3 is 2.50 bits per heavy atom. The highest BCUT2D eigenvalue weighted by molar-refractivity contribution is 7.80. The first-order valence-electron chi connectivity index (χ1n) is 9.58. The van der Waals surface area contributed by atoms with Crippen molar-refractivity contribution in [2.24, 2.45) is 0 Å². The van der Waals surface area contributed by atoms with Crippen molar-refractivity contribution in [2.45, 2.75) is 64.0 Å². The van der Waals surface area contributed by atoms with Gasteiger partial charge in [-0.15, -0.1) is 0 Å². The largest absolute Gasteiger partial charge is 0.371 e. The number of anilines is 1. The Balaban J connectivity index is 1.61. The molecule has 3 nitrogen and oxygen atoms in total. The monoisotopic (exact) mass is 345 g/mol. The van der Waals surface area contributed by atoms with Gasteiger partial charge in [0.15, 0.2) is 5.11 Å². The van der Waals surface area contributed by atoms with Gasteiger partial charge in [0, 0.05) is 38.4 Å². The highest BCUT2D eigenvalue weighted by Gasteiger charge is 2.18. The van der Waals surface area contributed by atoms with Crippen LogP contribution in [0.25, 0.3) is 0 Å². The van der Waals surface area contributed by atoms with E-state index in [1.165, 1.54) is 75.7 Å². The Labute approximate surface area is 152 Å². The van der Waals surface area contributed by atoms with Gasteiger partial charge >= 0.3 is 0 Å². The van der Waals surface area contributed by atoms with Gasteiger partial charge in [-0.05, 0) is 56.0 Å². The minimum Gasteiger partial charge on any atom is -0.371 e. The summed E-state index contributed by atoms with van der Waals surface area (Å²) in [6.45, 7) is 3.25. The van der Waals surface area contributed by atoms with Crippen molar-refractivity contribution in [3.05, 3.63) is 29.8 Å². The van der Waals surface area contributed by atoms with Crippen LogP contribution in [0.5, 0.6) is 0 Å². The molecule has 1 saturated heterocycles. The zero-order valence-electron chi connectivity index (χ0n) is 15.0. The van der Waals surface area contributed by atoms with E-state index >= 15 is 0 Å². The van der Waals surface area contributed by atoms with Crippen LogP contribution in [0, 0.1) is 0 Å². The van der Waals surface area contributed by atoms with E-state index < -0.39 is 0 Å². The molecule has 1 aliphatic carbocycles. The summed E-state index contributed by atoms with van der Waals surface area (Å²) in [4.78, 5) is 4.75. The summed E-state index contributed by atoms with van der Waals surface area (Å²) in [5, 5.41) is 4.48. The van der Waals surface area contributed by atoms with E-state index in [2.05, 4.69) is 46.4 Å². The van der Waals surface area contributed by atoms with Crippen LogP contribution in [-0.2, 0) is 6.54 Å². The quantitative estimate of drug-likeness (QED) is 0.819. The van der Waals surface area contributed by atoms with E-state index in [4.69, 9.17) is 12.2 Å². The SMILES string of the molecule is CN(Cc1ccccc1N1CCCCC1)C(=S)NC1CCCCC1. The highest BCUT2D eigenvalue weighted by Crippen LogP contribution is 2.25. The van der Waals surface area contributed by atoms with Crippen LogP contribution in [0.4, 0.5) is 5.69 Å². The third kappa shape index (κ3) is 4.62. The Kier molecular flexibility index (Phi) is 6.36. The number of piperidine rings is 1. The fourth-order valence-corrected chi connectivity index (χ4v) is 4.18. The minimum atomic E-state index is 0.575. The number of hydrogen-bond donors (Lipinski definition) is 1. The van der Waals surface area contributed by atoms with Crippen LogP contribution in [0.3, 0.4) is 0 Å². The van der Waals surface area contributed by atoms with Crippen molar-refractivity contribution in [2.75, 3.05) is 25.0 Å². The number of benzene rings is 1.